The molecule has 0 aromatic carbocycles. The van der Waals surface area contributed by atoms with Crippen molar-refractivity contribution < 1.29 is 48.2 Å². The minimum atomic E-state index is -1.24. The lowest BCUT2D eigenvalue weighted by Gasteiger charge is -2.31. The fourth-order valence-corrected chi connectivity index (χ4v) is 3.83. The topological polar surface area (TPSA) is 167 Å². The Balaban J connectivity index is 5.17. The lowest BCUT2D eigenvalue weighted by molar-refractivity contribution is -0.149. The van der Waals surface area contributed by atoms with Crippen molar-refractivity contribution in [2.24, 2.45) is 0 Å². The fraction of sp³-hybridized carbons (Fsp3) is 0.800. The molecule has 0 heterocycles. The average Bonchev–Trinajstić information content (AvgIpc) is 2.91. The van der Waals surface area contributed by atoms with Crippen LogP contribution in [0.15, 0.2) is 0 Å². The van der Waals surface area contributed by atoms with Crippen LogP contribution in [0, 0.1) is 0 Å². The van der Waals surface area contributed by atoms with Gasteiger partial charge in [0.15, 0.2) is 0 Å². The maximum atomic E-state index is 13.2. The highest BCUT2D eigenvalue weighted by atomic mass is 16.8. The lowest BCUT2D eigenvalue weighted by atomic mass is 10.1. The van der Waals surface area contributed by atoms with E-state index in [1.54, 1.807) is 55.4 Å². The SMILES string of the molecule is CCN(CC)C(=O)ON(CCCCCC(=O)N(C)[C@@H](CC(=O)O)C(=O)N(C)CCN(C)C(=O)OC(C)(C)C)C(=O)OC(C)(C)C. The molecule has 0 aliphatic carbocycles. The molecule has 15 nitrogen and oxygen atoms in total. The number of carboxylic acid groups (broad SMARTS) is 1. The van der Waals surface area contributed by atoms with Crippen molar-refractivity contribution in [2.75, 3.05) is 53.9 Å². The van der Waals surface area contributed by atoms with E-state index in [0.717, 1.165) is 9.96 Å². The van der Waals surface area contributed by atoms with Gasteiger partial charge < -0.3 is 39.0 Å². The standard InChI is InChI=1S/C30H55N5O10/c1-12-34(13-2)27(41)45-35(28(42)44-30(6,7)8)18-16-14-15-17-23(36)33(11)22(21-24(37)38)25(39)31(9)19-20-32(10)26(40)43-29(3,4)5/h22H,12-21H2,1-11H3,(H,37,38)/t22-/m0/s1. The summed E-state index contributed by atoms with van der Waals surface area (Å²) >= 11 is 0. The molecule has 0 aromatic heterocycles. The van der Waals surface area contributed by atoms with E-state index in [9.17, 15) is 33.9 Å². The number of aliphatic carboxylic acids is 1. The number of ether oxygens (including phenoxy) is 2. The van der Waals surface area contributed by atoms with Gasteiger partial charge in [-0.15, -0.1) is 5.06 Å². The van der Waals surface area contributed by atoms with Crippen LogP contribution in [0.3, 0.4) is 0 Å². The molecule has 0 saturated heterocycles. The normalized spacial score (nSPS) is 12.0. The van der Waals surface area contributed by atoms with Crippen LogP contribution in [0.25, 0.3) is 0 Å². The van der Waals surface area contributed by atoms with Crippen LogP contribution in [0.4, 0.5) is 14.4 Å². The summed E-state index contributed by atoms with van der Waals surface area (Å²) in [6.45, 7) is 14.9. The lowest BCUT2D eigenvalue weighted by Crippen LogP contribution is -2.50. The van der Waals surface area contributed by atoms with E-state index >= 15 is 0 Å². The summed E-state index contributed by atoms with van der Waals surface area (Å²) in [7, 11) is 4.38. The Kier molecular flexibility index (Phi) is 17.3. The summed E-state index contributed by atoms with van der Waals surface area (Å²) in [6, 6.07) is -1.24. The Morgan fingerprint density at radius 1 is 0.689 bits per heavy atom. The molecule has 0 aromatic rings. The van der Waals surface area contributed by atoms with Crippen molar-refractivity contribution in [3.05, 3.63) is 0 Å². The molecule has 0 saturated carbocycles. The molecule has 1 N–H and O–H groups in total. The number of rotatable bonds is 15. The highest BCUT2D eigenvalue weighted by Crippen LogP contribution is 2.15. The zero-order chi connectivity index (χ0) is 35.1. The van der Waals surface area contributed by atoms with Gasteiger partial charge in [-0.2, -0.15) is 0 Å². The number of hydrogen-bond donors (Lipinski definition) is 1. The first kappa shape index (κ1) is 41.2. The number of unbranched alkanes of at least 4 members (excludes halogenated alkanes) is 2. The maximum absolute atomic E-state index is 13.2. The van der Waals surface area contributed by atoms with Gasteiger partial charge in [0, 0.05) is 53.7 Å². The molecule has 0 unspecified atom stereocenters. The first-order valence-electron chi connectivity index (χ1n) is 15.3. The fourth-order valence-electron chi connectivity index (χ4n) is 3.83. The van der Waals surface area contributed by atoms with E-state index in [1.165, 1.54) is 35.8 Å². The number of carbonyl (C=O) groups excluding carboxylic acids is 5. The second kappa shape index (κ2) is 18.9. The van der Waals surface area contributed by atoms with Crippen LogP contribution < -0.4 is 0 Å². The minimum absolute atomic E-state index is 0.0245. The van der Waals surface area contributed by atoms with Crippen molar-refractivity contribution in [2.45, 2.75) is 105 Å². The molecule has 15 heteroatoms. The van der Waals surface area contributed by atoms with E-state index in [4.69, 9.17) is 14.3 Å². The second-order valence-corrected chi connectivity index (χ2v) is 12.7. The van der Waals surface area contributed by atoms with Gasteiger partial charge in [-0.1, -0.05) is 6.42 Å². The van der Waals surface area contributed by atoms with Crippen molar-refractivity contribution >= 4 is 36.1 Å². The van der Waals surface area contributed by atoms with Gasteiger partial charge in [0.05, 0.1) is 13.0 Å². The summed E-state index contributed by atoms with van der Waals surface area (Å²) in [5, 5.41) is 10.3. The van der Waals surface area contributed by atoms with Gasteiger partial charge in [-0.3, -0.25) is 14.4 Å². The smallest absolute Gasteiger partial charge is 0.443 e. The number of nitrogens with zero attached hydrogens (tertiary/aromatic N) is 5. The van der Waals surface area contributed by atoms with Gasteiger partial charge >= 0.3 is 24.2 Å². The number of hydroxylamine groups is 2. The Bertz CT molecular complexity index is 1000. The third kappa shape index (κ3) is 16.8. The Morgan fingerprint density at radius 3 is 1.69 bits per heavy atom. The molecule has 1 atom stereocenters. The van der Waals surface area contributed by atoms with Crippen molar-refractivity contribution in [1.82, 2.24) is 24.7 Å². The molecule has 0 aliphatic heterocycles. The van der Waals surface area contributed by atoms with Crippen LogP contribution in [-0.2, 0) is 28.7 Å². The molecule has 0 radical (unpaired) electrons. The zero-order valence-electron chi connectivity index (χ0n) is 29.0. The summed E-state index contributed by atoms with van der Waals surface area (Å²) in [5.41, 5.74) is -1.49. The zero-order valence-corrected chi connectivity index (χ0v) is 29.0. The van der Waals surface area contributed by atoms with Crippen molar-refractivity contribution in [3.63, 3.8) is 0 Å². The third-order valence-electron chi connectivity index (χ3n) is 6.43. The van der Waals surface area contributed by atoms with Crippen molar-refractivity contribution in [1.29, 1.82) is 0 Å². The molecular formula is C30H55N5O10. The van der Waals surface area contributed by atoms with Gasteiger partial charge in [-0.25, -0.2) is 14.4 Å². The van der Waals surface area contributed by atoms with Crippen LogP contribution >= 0.6 is 0 Å². The van der Waals surface area contributed by atoms with E-state index < -0.39 is 59.7 Å². The Labute approximate surface area is 267 Å². The Morgan fingerprint density at radius 2 is 1.20 bits per heavy atom. The van der Waals surface area contributed by atoms with Crippen LogP contribution in [0.5, 0.6) is 0 Å². The molecule has 0 spiro atoms. The summed E-state index contributed by atoms with van der Waals surface area (Å²) in [4.78, 5) is 85.4. The number of carbonyl (C=O) groups is 6. The van der Waals surface area contributed by atoms with Gasteiger partial charge in [0.2, 0.25) is 11.8 Å². The second-order valence-electron chi connectivity index (χ2n) is 12.7. The monoisotopic (exact) mass is 645 g/mol. The number of likely N-dealkylation sites (N-methyl/N-ethyl adjacent to an activating group) is 3. The molecule has 260 valence electrons. The predicted octanol–water partition coefficient (Wildman–Crippen LogP) is 3.80. The van der Waals surface area contributed by atoms with E-state index in [-0.39, 0.29) is 26.1 Å². The number of amides is 5. The van der Waals surface area contributed by atoms with E-state index in [1.807, 2.05) is 0 Å². The molecule has 5 amide bonds. The van der Waals surface area contributed by atoms with Crippen LogP contribution in [-0.4, -0.2) is 137 Å². The largest absolute Gasteiger partial charge is 0.481 e. The molecular weight excluding hydrogens is 590 g/mol. The first-order chi connectivity index (χ1) is 20.6. The maximum Gasteiger partial charge on any atom is 0.443 e. The summed E-state index contributed by atoms with van der Waals surface area (Å²) < 4.78 is 10.7. The number of carboxylic acids is 1. The number of hydrogen-bond acceptors (Lipinski definition) is 9. The first-order valence-corrected chi connectivity index (χ1v) is 15.3. The molecule has 0 aliphatic rings. The van der Waals surface area contributed by atoms with E-state index in [2.05, 4.69) is 0 Å². The highest BCUT2D eigenvalue weighted by Gasteiger charge is 2.32. The molecule has 0 fully saturated rings. The summed E-state index contributed by atoms with van der Waals surface area (Å²) in [5.74, 6) is -2.24. The van der Waals surface area contributed by atoms with Crippen molar-refractivity contribution in [3.8, 4) is 0 Å². The van der Waals surface area contributed by atoms with Gasteiger partial charge in [-0.05, 0) is 68.2 Å². The molecule has 45 heavy (non-hydrogen) atoms. The van der Waals surface area contributed by atoms with Crippen LogP contribution in [0.2, 0.25) is 0 Å². The predicted molar refractivity (Wildman–Crippen MR) is 166 cm³/mol. The third-order valence-corrected chi connectivity index (χ3v) is 6.43. The van der Waals surface area contributed by atoms with Crippen LogP contribution in [0.1, 0.15) is 87.5 Å². The minimum Gasteiger partial charge on any atom is -0.481 e. The Hall–Kier alpha value is -3.78. The quantitative estimate of drug-likeness (QED) is 0.204. The summed E-state index contributed by atoms with van der Waals surface area (Å²) in [6.07, 6.45) is -1.39. The van der Waals surface area contributed by atoms with Gasteiger partial charge in [0.1, 0.15) is 17.2 Å². The van der Waals surface area contributed by atoms with Gasteiger partial charge in [0.25, 0.3) is 0 Å². The average molecular weight is 646 g/mol. The van der Waals surface area contributed by atoms with E-state index in [0.29, 0.717) is 32.4 Å². The highest BCUT2D eigenvalue weighted by molar-refractivity contribution is 5.90. The molecule has 0 rings (SSSR count). The molecule has 0 bridgehead atoms.